The highest BCUT2D eigenvalue weighted by molar-refractivity contribution is 7.78. The van der Waals surface area contributed by atoms with E-state index in [1.165, 1.54) is 11.1 Å². The molecule has 1 saturated heterocycles. The fourth-order valence-electron chi connectivity index (χ4n) is 3.36. The number of amides is 1. The van der Waals surface area contributed by atoms with Crippen LogP contribution in [0.4, 0.5) is 5.69 Å². The molecular formula is C22H30N4OS. The average Bonchev–Trinajstić information content (AvgIpc) is 2.94. The molecule has 1 N–H and O–H groups in total. The van der Waals surface area contributed by atoms with Gasteiger partial charge in [-0.1, -0.05) is 36.5 Å². The van der Waals surface area contributed by atoms with Gasteiger partial charge in [-0.05, 0) is 57.6 Å². The van der Waals surface area contributed by atoms with E-state index in [4.69, 9.17) is 0 Å². The van der Waals surface area contributed by atoms with Gasteiger partial charge >= 0.3 is 0 Å². The largest absolute Gasteiger partial charge is 0.351 e. The van der Waals surface area contributed by atoms with Gasteiger partial charge in [0.1, 0.15) is 0 Å². The zero-order valence-corrected chi connectivity index (χ0v) is 17.8. The van der Waals surface area contributed by atoms with Crippen LogP contribution in [0.2, 0.25) is 0 Å². The summed E-state index contributed by atoms with van der Waals surface area (Å²) in [5.41, 5.74) is 4.65. The summed E-state index contributed by atoms with van der Waals surface area (Å²) in [4.78, 5) is 20.3. The minimum absolute atomic E-state index is 0.152. The van der Waals surface area contributed by atoms with Crippen LogP contribution in [0.25, 0.3) is 0 Å². The summed E-state index contributed by atoms with van der Waals surface area (Å²) in [5, 5.41) is 2.87. The Kier molecular flexibility index (Phi) is 9.04. The Balaban J connectivity index is 0.000000237. The molecule has 0 bridgehead atoms. The molecule has 0 spiro atoms. The average molecular weight is 399 g/mol. The molecule has 2 aliphatic rings. The summed E-state index contributed by atoms with van der Waals surface area (Å²) < 4.78 is 0. The zero-order valence-electron chi connectivity index (χ0n) is 17.0. The second kappa shape index (κ2) is 11.5. The van der Waals surface area contributed by atoms with Crippen LogP contribution in [0.5, 0.6) is 0 Å². The van der Waals surface area contributed by atoms with E-state index < -0.39 is 0 Å². The minimum Gasteiger partial charge on any atom is -0.351 e. The van der Waals surface area contributed by atoms with E-state index in [1.54, 1.807) is 13.1 Å². The molecule has 3 rings (SSSR count). The molecule has 2 heterocycles. The molecule has 1 aromatic carbocycles. The van der Waals surface area contributed by atoms with Gasteiger partial charge in [0.05, 0.1) is 11.2 Å². The van der Waals surface area contributed by atoms with E-state index >= 15 is 0 Å². The van der Waals surface area contributed by atoms with E-state index in [2.05, 4.69) is 53.5 Å². The standard InChI is InChI=1S/C15H22N2O.C7H8N2S/c1-12-6-4-5-7-15(12)17(13(2)18)14-8-10-16(3)11-9-14;10-6-9-7-3-1-2-4-8-5-7/h4-7,14H,8-11H2,1-3H3;1,3-6H,2H2,(H,9,10). The van der Waals surface area contributed by atoms with Crippen LogP contribution in [-0.2, 0) is 4.79 Å². The number of piperidine rings is 1. The highest BCUT2D eigenvalue weighted by atomic mass is 32.1. The highest BCUT2D eigenvalue weighted by Gasteiger charge is 2.26. The number of thiocarbonyl (C=S) groups is 1. The first-order valence-electron chi connectivity index (χ1n) is 9.65. The monoisotopic (exact) mass is 398 g/mol. The lowest BCUT2D eigenvalue weighted by Crippen LogP contribution is -2.46. The number of benzene rings is 1. The summed E-state index contributed by atoms with van der Waals surface area (Å²) in [5.74, 6) is 0.152. The number of hydrogen-bond donors (Lipinski definition) is 1. The van der Waals surface area contributed by atoms with Gasteiger partial charge < -0.3 is 15.1 Å². The van der Waals surface area contributed by atoms with Crippen molar-refractivity contribution in [3.8, 4) is 0 Å². The van der Waals surface area contributed by atoms with E-state index in [0.29, 0.717) is 6.04 Å². The Morgan fingerprint density at radius 3 is 2.68 bits per heavy atom. The molecule has 0 saturated carbocycles. The highest BCUT2D eigenvalue weighted by Crippen LogP contribution is 2.26. The topological polar surface area (TPSA) is 47.9 Å². The third kappa shape index (κ3) is 6.69. The van der Waals surface area contributed by atoms with Gasteiger partial charge in [0, 0.05) is 37.5 Å². The summed E-state index contributed by atoms with van der Waals surface area (Å²) in [6.07, 6.45) is 10.6. The number of para-hydroxylation sites is 1. The van der Waals surface area contributed by atoms with E-state index in [9.17, 15) is 4.79 Å². The Morgan fingerprint density at radius 2 is 2.04 bits per heavy atom. The van der Waals surface area contributed by atoms with Crippen LogP contribution in [0.1, 0.15) is 31.7 Å². The van der Waals surface area contributed by atoms with Crippen LogP contribution in [-0.4, -0.2) is 48.7 Å². The third-order valence-electron chi connectivity index (χ3n) is 4.85. The van der Waals surface area contributed by atoms with Gasteiger partial charge in [0.2, 0.25) is 5.91 Å². The lowest BCUT2D eigenvalue weighted by Gasteiger charge is -2.37. The quantitative estimate of drug-likeness (QED) is 0.783. The molecule has 1 aromatic rings. The van der Waals surface area contributed by atoms with Gasteiger partial charge in [-0.2, -0.15) is 0 Å². The third-order valence-corrected chi connectivity index (χ3v) is 4.97. The summed E-state index contributed by atoms with van der Waals surface area (Å²) in [7, 11) is 2.14. The molecule has 0 atom stereocenters. The summed E-state index contributed by atoms with van der Waals surface area (Å²) in [6.45, 7) is 5.88. The maximum Gasteiger partial charge on any atom is 0.224 e. The minimum atomic E-state index is 0.152. The Morgan fingerprint density at radius 1 is 1.32 bits per heavy atom. The number of rotatable bonds is 4. The van der Waals surface area contributed by atoms with Crippen molar-refractivity contribution in [1.29, 1.82) is 0 Å². The predicted octanol–water partition coefficient (Wildman–Crippen LogP) is 3.85. The Labute approximate surface area is 173 Å². The number of carbonyl (C=O) groups is 1. The summed E-state index contributed by atoms with van der Waals surface area (Å²) in [6, 6.07) is 8.49. The van der Waals surface area contributed by atoms with Crippen molar-refractivity contribution >= 4 is 35.5 Å². The van der Waals surface area contributed by atoms with Gasteiger partial charge in [-0.25, -0.2) is 0 Å². The van der Waals surface area contributed by atoms with Crippen molar-refractivity contribution in [3.63, 3.8) is 0 Å². The van der Waals surface area contributed by atoms with Crippen molar-refractivity contribution in [2.45, 2.75) is 39.2 Å². The molecule has 150 valence electrons. The van der Waals surface area contributed by atoms with Gasteiger partial charge in [0.25, 0.3) is 0 Å². The molecule has 6 heteroatoms. The van der Waals surface area contributed by atoms with Gasteiger partial charge in [-0.15, -0.1) is 0 Å². The first-order chi connectivity index (χ1) is 13.5. The lowest BCUT2D eigenvalue weighted by atomic mass is 10.0. The molecular weight excluding hydrogens is 368 g/mol. The number of anilines is 1. The number of carbonyl (C=O) groups excluding carboxylic acids is 1. The predicted molar refractivity (Wildman–Crippen MR) is 122 cm³/mol. The smallest absolute Gasteiger partial charge is 0.224 e. The first kappa shape index (κ1) is 22.0. The Hall–Kier alpha value is -2.31. The fourth-order valence-corrected chi connectivity index (χ4v) is 3.49. The molecule has 0 unspecified atom stereocenters. The molecule has 0 radical (unpaired) electrons. The molecule has 0 aliphatic carbocycles. The lowest BCUT2D eigenvalue weighted by molar-refractivity contribution is -0.117. The van der Waals surface area contributed by atoms with Gasteiger partial charge in [0.15, 0.2) is 0 Å². The van der Waals surface area contributed by atoms with Crippen molar-refractivity contribution in [3.05, 3.63) is 53.9 Å². The fraction of sp³-hybridized carbons (Fsp3) is 0.409. The number of aryl methyl sites for hydroxylation is 1. The maximum atomic E-state index is 12.0. The maximum absolute atomic E-state index is 12.0. The molecule has 1 amide bonds. The second-order valence-corrected chi connectivity index (χ2v) is 7.26. The number of allylic oxidation sites excluding steroid dienone is 2. The summed E-state index contributed by atoms with van der Waals surface area (Å²) >= 11 is 4.61. The molecule has 0 aromatic heterocycles. The van der Waals surface area contributed by atoms with Crippen LogP contribution in [0, 0.1) is 6.92 Å². The van der Waals surface area contributed by atoms with Crippen LogP contribution >= 0.6 is 12.2 Å². The number of hydrogen-bond acceptors (Lipinski definition) is 4. The number of likely N-dealkylation sites (tertiary alicyclic amines) is 1. The van der Waals surface area contributed by atoms with E-state index in [1.807, 2.05) is 35.4 Å². The first-order valence-corrected chi connectivity index (χ1v) is 10.1. The van der Waals surface area contributed by atoms with Crippen LogP contribution in [0.15, 0.2) is 53.3 Å². The molecule has 28 heavy (non-hydrogen) atoms. The number of nitrogens with zero attached hydrogens (tertiary/aromatic N) is 3. The van der Waals surface area contributed by atoms with Crippen molar-refractivity contribution < 1.29 is 4.79 Å². The molecule has 5 nitrogen and oxygen atoms in total. The van der Waals surface area contributed by atoms with E-state index in [0.717, 1.165) is 43.7 Å². The normalized spacial score (nSPS) is 17.0. The molecule has 2 aliphatic heterocycles. The zero-order chi connectivity index (χ0) is 20.4. The number of aliphatic imine (C=N–C) groups is 1. The van der Waals surface area contributed by atoms with E-state index in [-0.39, 0.29) is 5.91 Å². The van der Waals surface area contributed by atoms with Crippen LogP contribution in [0.3, 0.4) is 0 Å². The van der Waals surface area contributed by atoms with Crippen LogP contribution < -0.4 is 10.2 Å². The van der Waals surface area contributed by atoms with Crippen molar-refractivity contribution in [1.82, 2.24) is 10.2 Å². The Bertz CT molecular complexity index is 749. The van der Waals surface area contributed by atoms with Crippen molar-refractivity contribution in [2.24, 2.45) is 4.99 Å². The SMILES string of the molecule is CC(=O)N(c1ccccc1C)C1CCN(C)CC1.S=CNC1=CN=CCC=C1. The molecule has 1 fully saturated rings. The number of nitrogens with one attached hydrogen (secondary N) is 1. The van der Waals surface area contributed by atoms with Gasteiger partial charge in [-0.3, -0.25) is 9.79 Å². The van der Waals surface area contributed by atoms with Crippen molar-refractivity contribution in [2.75, 3.05) is 25.0 Å². The second-order valence-electron chi connectivity index (χ2n) is 7.03.